The van der Waals surface area contributed by atoms with E-state index in [1.807, 2.05) is 18.2 Å². The molecule has 0 radical (unpaired) electrons. The van der Waals surface area contributed by atoms with Gasteiger partial charge in [0.15, 0.2) is 0 Å². The van der Waals surface area contributed by atoms with E-state index in [0.717, 1.165) is 5.56 Å². The molecule has 0 atom stereocenters. The van der Waals surface area contributed by atoms with Gasteiger partial charge in [-0.25, -0.2) is 0 Å². The predicted molar refractivity (Wildman–Crippen MR) is 46.1 cm³/mol. The topological polar surface area (TPSA) is 20.2 Å². The standard InChI is InChI=1S/C8H8OS/c9-8-3-1-7(2-4-8)5-6-10/h1-6,9-10H/b6-5+. The molecule has 1 rings (SSSR count). The maximum Gasteiger partial charge on any atom is 0.115 e. The van der Waals surface area contributed by atoms with E-state index in [-0.39, 0.29) is 5.75 Å². The van der Waals surface area contributed by atoms with Crippen molar-refractivity contribution in [2.75, 3.05) is 0 Å². The van der Waals surface area contributed by atoms with Gasteiger partial charge >= 0.3 is 0 Å². The molecule has 1 aromatic carbocycles. The summed E-state index contributed by atoms with van der Waals surface area (Å²) >= 11 is 3.91. The van der Waals surface area contributed by atoms with E-state index >= 15 is 0 Å². The van der Waals surface area contributed by atoms with Gasteiger partial charge in [-0.05, 0) is 29.2 Å². The van der Waals surface area contributed by atoms with Gasteiger partial charge in [0, 0.05) is 0 Å². The molecule has 0 bridgehead atoms. The summed E-state index contributed by atoms with van der Waals surface area (Å²) in [5.41, 5.74) is 1.04. The van der Waals surface area contributed by atoms with Crippen molar-refractivity contribution in [3.63, 3.8) is 0 Å². The molecule has 0 fully saturated rings. The fraction of sp³-hybridized carbons (Fsp3) is 0. The lowest BCUT2D eigenvalue weighted by Gasteiger charge is -1.91. The van der Waals surface area contributed by atoms with Gasteiger partial charge in [-0.2, -0.15) is 12.6 Å². The van der Waals surface area contributed by atoms with E-state index in [0.29, 0.717) is 0 Å². The molecule has 0 aliphatic carbocycles. The average molecular weight is 152 g/mol. The second-order valence-corrected chi connectivity index (χ2v) is 2.21. The molecule has 0 amide bonds. The third-order valence-corrected chi connectivity index (χ3v) is 1.31. The number of thiol groups is 1. The maximum absolute atomic E-state index is 8.88. The summed E-state index contributed by atoms with van der Waals surface area (Å²) in [6.45, 7) is 0. The molecule has 0 heterocycles. The van der Waals surface area contributed by atoms with Crippen LogP contribution in [-0.2, 0) is 0 Å². The molecule has 0 aromatic heterocycles. The van der Waals surface area contributed by atoms with Gasteiger partial charge in [0.05, 0.1) is 0 Å². The minimum atomic E-state index is 0.288. The van der Waals surface area contributed by atoms with E-state index < -0.39 is 0 Å². The van der Waals surface area contributed by atoms with Crippen LogP contribution in [0.2, 0.25) is 0 Å². The molecule has 10 heavy (non-hydrogen) atoms. The zero-order valence-corrected chi connectivity index (χ0v) is 6.25. The summed E-state index contributed by atoms with van der Waals surface area (Å²) in [5.74, 6) is 0.288. The van der Waals surface area contributed by atoms with Gasteiger partial charge < -0.3 is 5.11 Å². The Morgan fingerprint density at radius 1 is 1.20 bits per heavy atom. The molecule has 0 unspecified atom stereocenters. The van der Waals surface area contributed by atoms with Crippen LogP contribution in [-0.4, -0.2) is 5.11 Å². The number of rotatable bonds is 1. The number of phenolic OH excluding ortho intramolecular Hbond substituents is 1. The van der Waals surface area contributed by atoms with Crippen molar-refractivity contribution < 1.29 is 5.11 Å². The summed E-state index contributed by atoms with van der Waals surface area (Å²) in [4.78, 5) is 0. The molecule has 0 aliphatic heterocycles. The van der Waals surface area contributed by atoms with Crippen LogP contribution in [0.15, 0.2) is 29.7 Å². The number of hydrogen-bond acceptors (Lipinski definition) is 2. The van der Waals surface area contributed by atoms with Crippen molar-refractivity contribution in [1.29, 1.82) is 0 Å². The Kier molecular flexibility index (Phi) is 2.40. The maximum atomic E-state index is 8.88. The van der Waals surface area contributed by atoms with Gasteiger partial charge in [-0.1, -0.05) is 12.1 Å². The minimum Gasteiger partial charge on any atom is -0.508 e. The second-order valence-electron chi connectivity index (χ2n) is 1.91. The summed E-state index contributed by atoms with van der Waals surface area (Å²) in [6.07, 6.45) is 1.85. The fourth-order valence-corrected chi connectivity index (χ4v) is 0.844. The van der Waals surface area contributed by atoms with Gasteiger partial charge in [0.2, 0.25) is 0 Å². The average Bonchev–Trinajstić information content (AvgIpc) is 1.95. The van der Waals surface area contributed by atoms with Crippen LogP contribution >= 0.6 is 12.6 Å². The fourth-order valence-electron chi connectivity index (χ4n) is 0.671. The monoisotopic (exact) mass is 152 g/mol. The first-order valence-electron chi connectivity index (χ1n) is 2.93. The van der Waals surface area contributed by atoms with Crippen LogP contribution in [0.3, 0.4) is 0 Å². The Bertz CT molecular complexity index is 226. The molecule has 1 N–H and O–H groups in total. The van der Waals surface area contributed by atoms with Gasteiger partial charge in [-0.15, -0.1) is 0 Å². The van der Waals surface area contributed by atoms with E-state index in [9.17, 15) is 0 Å². The quantitative estimate of drug-likeness (QED) is 0.591. The van der Waals surface area contributed by atoms with Crippen LogP contribution in [0.4, 0.5) is 0 Å². The second kappa shape index (κ2) is 3.32. The number of aromatic hydroxyl groups is 1. The van der Waals surface area contributed by atoms with Crippen molar-refractivity contribution in [2.24, 2.45) is 0 Å². The molecular formula is C8H8OS. The Morgan fingerprint density at radius 3 is 2.30 bits per heavy atom. The zero-order valence-electron chi connectivity index (χ0n) is 5.36. The first-order valence-corrected chi connectivity index (χ1v) is 3.44. The zero-order chi connectivity index (χ0) is 7.40. The smallest absolute Gasteiger partial charge is 0.115 e. The van der Waals surface area contributed by atoms with Crippen LogP contribution in [0, 0.1) is 0 Å². The SMILES string of the molecule is Oc1ccc(/C=C/S)cc1. The van der Waals surface area contributed by atoms with Crippen molar-refractivity contribution >= 4 is 18.7 Å². The van der Waals surface area contributed by atoms with Crippen LogP contribution in [0.25, 0.3) is 6.08 Å². The Balaban J connectivity index is 2.89. The third kappa shape index (κ3) is 1.81. The lowest BCUT2D eigenvalue weighted by molar-refractivity contribution is 0.475. The number of benzene rings is 1. The minimum absolute atomic E-state index is 0.288. The summed E-state index contributed by atoms with van der Waals surface area (Å²) in [7, 11) is 0. The first kappa shape index (κ1) is 7.22. The molecule has 52 valence electrons. The van der Waals surface area contributed by atoms with Crippen molar-refractivity contribution in [1.82, 2.24) is 0 Å². The van der Waals surface area contributed by atoms with E-state index in [1.165, 1.54) is 0 Å². The molecule has 0 saturated heterocycles. The van der Waals surface area contributed by atoms with Crippen LogP contribution in [0.5, 0.6) is 5.75 Å². The predicted octanol–water partition coefficient (Wildman–Crippen LogP) is 2.29. The number of hydrogen-bond donors (Lipinski definition) is 2. The van der Waals surface area contributed by atoms with Crippen molar-refractivity contribution in [3.05, 3.63) is 35.2 Å². The molecule has 1 nitrogen and oxygen atoms in total. The van der Waals surface area contributed by atoms with E-state index in [4.69, 9.17) is 5.11 Å². The number of phenols is 1. The normalized spacial score (nSPS) is 10.5. The first-order chi connectivity index (χ1) is 4.83. The van der Waals surface area contributed by atoms with E-state index in [1.54, 1.807) is 17.5 Å². The largest absolute Gasteiger partial charge is 0.508 e. The Hall–Kier alpha value is -0.890. The summed E-state index contributed by atoms with van der Waals surface area (Å²) in [5, 5.41) is 10.5. The summed E-state index contributed by atoms with van der Waals surface area (Å²) < 4.78 is 0. The lowest BCUT2D eigenvalue weighted by Crippen LogP contribution is -1.68. The molecule has 0 spiro atoms. The highest BCUT2D eigenvalue weighted by molar-refractivity contribution is 7.83. The van der Waals surface area contributed by atoms with E-state index in [2.05, 4.69) is 12.6 Å². The van der Waals surface area contributed by atoms with Gasteiger partial charge in [0.25, 0.3) is 0 Å². The molecule has 2 heteroatoms. The Morgan fingerprint density at radius 2 is 1.80 bits per heavy atom. The lowest BCUT2D eigenvalue weighted by atomic mass is 10.2. The highest BCUT2D eigenvalue weighted by Crippen LogP contribution is 2.10. The van der Waals surface area contributed by atoms with Crippen LogP contribution in [0.1, 0.15) is 5.56 Å². The van der Waals surface area contributed by atoms with Crippen LogP contribution < -0.4 is 0 Å². The third-order valence-electron chi connectivity index (χ3n) is 1.16. The van der Waals surface area contributed by atoms with Crippen molar-refractivity contribution in [2.45, 2.75) is 0 Å². The highest BCUT2D eigenvalue weighted by Gasteiger charge is 1.85. The molecular weight excluding hydrogens is 144 g/mol. The van der Waals surface area contributed by atoms with Crippen molar-refractivity contribution in [3.8, 4) is 5.75 Å². The molecule has 1 aromatic rings. The van der Waals surface area contributed by atoms with Gasteiger partial charge in [0.1, 0.15) is 5.75 Å². The molecule has 0 saturated carbocycles. The van der Waals surface area contributed by atoms with Gasteiger partial charge in [-0.3, -0.25) is 0 Å². The molecule has 0 aliphatic rings. The highest BCUT2D eigenvalue weighted by atomic mass is 32.1. The Labute approximate surface area is 65.4 Å². The summed E-state index contributed by atoms with van der Waals surface area (Å²) in [6, 6.07) is 6.93.